The molecule has 0 bridgehead atoms. The van der Waals surface area contributed by atoms with E-state index in [0.29, 0.717) is 24.9 Å². The number of carbonyl (C=O) groups excluding carboxylic acids is 2. The van der Waals surface area contributed by atoms with E-state index in [1.54, 1.807) is 0 Å². The number of nitrogens with one attached hydrogen (secondary N) is 2. The summed E-state index contributed by atoms with van der Waals surface area (Å²) in [6.07, 6.45) is 2.44. The molecule has 0 radical (unpaired) electrons. The average Bonchev–Trinajstić information content (AvgIpc) is 3.34. The molecule has 2 atom stereocenters. The smallest absolute Gasteiger partial charge is 0.312 e. The first-order valence-corrected chi connectivity index (χ1v) is 10.4. The van der Waals surface area contributed by atoms with Gasteiger partial charge in [0.1, 0.15) is 0 Å². The highest BCUT2D eigenvalue weighted by molar-refractivity contribution is 6.03. The summed E-state index contributed by atoms with van der Waals surface area (Å²) in [6.45, 7) is 5.96. The Morgan fingerprint density at radius 2 is 1.87 bits per heavy atom. The third-order valence-corrected chi connectivity index (χ3v) is 5.79. The molecular weight excluding hydrogens is 376 g/mol. The zero-order valence-electron chi connectivity index (χ0n) is 17.7. The van der Waals surface area contributed by atoms with Gasteiger partial charge in [-0.15, -0.1) is 0 Å². The summed E-state index contributed by atoms with van der Waals surface area (Å²) in [4.78, 5) is 29.3. The summed E-state index contributed by atoms with van der Waals surface area (Å²) in [5.41, 5.74) is 1.52. The highest BCUT2D eigenvalue weighted by atomic mass is 16.6. The Balaban J connectivity index is 1.64. The Labute approximate surface area is 176 Å². The van der Waals surface area contributed by atoms with Crippen molar-refractivity contribution in [3.05, 3.63) is 71.9 Å². The second-order valence-electron chi connectivity index (χ2n) is 9.28. The first-order chi connectivity index (χ1) is 14.3. The Bertz CT molecular complexity index is 1060. The minimum Gasteiger partial charge on any atom is -0.446 e. The van der Waals surface area contributed by atoms with Crippen LogP contribution >= 0.6 is 0 Å². The van der Waals surface area contributed by atoms with Crippen molar-refractivity contribution in [3.63, 3.8) is 0 Å². The van der Waals surface area contributed by atoms with Gasteiger partial charge in [-0.3, -0.25) is 14.9 Å². The molecule has 2 N–H and O–H groups in total. The number of hydrogen-bond acceptors (Lipinski definition) is 4. The number of esters is 1. The lowest BCUT2D eigenvalue weighted by Crippen LogP contribution is -2.35. The van der Waals surface area contributed by atoms with Crippen molar-refractivity contribution in [1.82, 2.24) is 10.3 Å². The maximum atomic E-state index is 13.8. The van der Waals surface area contributed by atoms with Crippen LogP contribution in [0.4, 0.5) is 0 Å². The summed E-state index contributed by atoms with van der Waals surface area (Å²) in [5.74, 6) is -0.187. The fourth-order valence-electron chi connectivity index (χ4n) is 4.07. The standard InChI is InChI=1S/C25H28N2O3/c1-24(2,3)23(29)30-21-15-25(16-27-21,14-17-7-5-4-6-8-17)22(28)19-9-10-20-18(13-19)11-12-26-20/h4-13,21,26-27H,14-16H2,1-3H3. The number of rotatable bonds is 5. The van der Waals surface area contributed by atoms with Crippen LogP contribution in [0.3, 0.4) is 0 Å². The van der Waals surface area contributed by atoms with Crippen molar-refractivity contribution in [2.45, 2.75) is 39.8 Å². The van der Waals surface area contributed by atoms with Gasteiger partial charge in [0.05, 0.1) is 10.8 Å². The lowest BCUT2D eigenvalue weighted by atomic mass is 9.74. The van der Waals surface area contributed by atoms with Crippen molar-refractivity contribution in [2.75, 3.05) is 6.54 Å². The molecule has 1 aliphatic heterocycles. The second-order valence-corrected chi connectivity index (χ2v) is 9.28. The van der Waals surface area contributed by atoms with Crippen molar-refractivity contribution in [2.24, 2.45) is 10.8 Å². The first kappa shape index (κ1) is 20.4. The first-order valence-electron chi connectivity index (χ1n) is 10.4. The predicted octanol–water partition coefficient (Wildman–Crippen LogP) is 4.49. The van der Waals surface area contributed by atoms with Crippen LogP contribution in [0.1, 0.15) is 43.1 Å². The lowest BCUT2D eigenvalue weighted by Gasteiger charge is -2.27. The fourth-order valence-corrected chi connectivity index (χ4v) is 4.07. The number of ether oxygens (including phenoxy) is 1. The molecule has 0 aliphatic carbocycles. The molecule has 0 spiro atoms. The maximum absolute atomic E-state index is 13.8. The Kier molecular flexibility index (Phi) is 5.24. The monoisotopic (exact) mass is 404 g/mol. The molecule has 1 aromatic heterocycles. The number of aromatic nitrogens is 1. The third kappa shape index (κ3) is 4.03. The van der Waals surface area contributed by atoms with E-state index >= 15 is 0 Å². The molecule has 2 heterocycles. The summed E-state index contributed by atoms with van der Waals surface area (Å²) >= 11 is 0. The largest absolute Gasteiger partial charge is 0.446 e. The zero-order valence-corrected chi connectivity index (χ0v) is 17.7. The minimum absolute atomic E-state index is 0.0799. The van der Waals surface area contributed by atoms with E-state index in [2.05, 4.69) is 10.3 Å². The van der Waals surface area contributed by atoms with Crippen molar-refractivity contribution in [3.8, 4) is 0 Å². The number of H-pyrrole nitrogens is 1. The van der Waals surface area contributed by atoms with Crippen LogP contribution < -0.4 is 5.32 Å². The summed E-state index contributed by atoms with van der Waals surface area (Å²) in [5, 5.41) is 4.30. The molecule has 3 aromatic rings. The van der Waals surface area contributed by atoms with Crippen molar-refractivity contribution < 1.29 is 14.3 Å². The number of benzene rings is 2. The lowest BCUT2D eigenvalue weighted by molar-refractivity contribution is -0.159. The summed E-state index contributed by atoms with van der Waals surface area (Å²) in [6, 6.07) is 17.8. The normalized spacial score (nSPS) is 21.6. The van der Waals surface area contributed by atoms with Crippen LogP contribution in [0.15, 0.2) is 60.8 Å². The molecular formula is C25H28N2O3. The van der Waals surface area contributed by atoms with Crippen LogP contribution in [0, 0.1) is 10.8 Å². The van der Waals surface area contributed by atoms with E-state index in [4.69, 9.17) is 4.74 Å². The van der Waals surface area contributed by atoms with Gasteiger partial charge in [0.2, 0.25) is 0 Å². The third-order valence-electron chi connectivity index (χ3n) is 5.79. The number of hydrogen-bond donors (Lipinski definition) is 2. The Morgan fingerprint density at radius 3 is 2.60 bits per heavy atom. The van der Waals surface area contributed by atoms with Gasteiger partial charge < -0.3 is 9.72 Å². The van der Waals surface area contributed by atoms with Gasteiger partial charge >= 0.3 is 5.97 Å². The Morgan fingerprint density at radius 1 is 1.10 bits per heavy atom. The average molecular weight is 405 g/mol. The van der Waals surface area contributed by atoms with Gasteiger partial charge in [-0.05, 0) is 57.0 Å². The van der Waals surface area contributed by atoms with Gasteiger partial charge in [-0.2, -0.15) is 0 Å². The van der Waals surface area contributed by atoms with Crippen LogP contribution in [-0.2, 0) is 16.0 Å². The van der Waals surface area contributed by atoms with Crippen molar-refractivity contribution >= 4 is 22.7 Å². The summed E-state index contributed by atoms with van der Waals surface area (Å²) in [7, 11) is 0. The van der Waals surface area contributed by atoms with Crippen LogP contribution in [-0.4, -0.2) is 29.5 Å². The molecule has 5 nitrogen and oxygen atoms in total. The molecule has 156 valence electrons. The molecule has 1 aliphatic rings. The topological polar surface area (TPSA) is 71.2 Å². The van der Waals surface area contributed by atoms with E-state index < -0.39 is 17.1 Å². The molecule has 2 aromatic carbocycles. The van der Waals surface area contributed by atoms with Gasteiger partial charge in [0, 0.05) is 35.6 Å². The molecule has 5 heteroatoms. The zero-order chi connectivity index (χ0) is 21.4. The molecule has 2 unspecified atom stereocenters. The summed E-state index contributed by atoms with van der Waals surface area (Å²) < 4.78 is 5.71. The molecule has 1 saturated heterocycles. The number of Topliss-reactive ketones (excluding diaryl/α,β-unsaturated/α-hetero) is 1. The van der Waals surface area contributed by atoms with E-state index in [-0.39, 0.29) is 11.8 Å². The number of aromatic amines is 1. The van der Waals surface area contributed by atoms with E-state index in [9.17, 15) is 9.59 Å². The quantitative estimate of drug-likeness (QED) is 0.486. The van der Waals surface area contributed by atoms with E-state index in [1.807, 2.05) is 81.6 Å². The SMILES string of the molecule is CC(C)(C)C(=O)OC1CC(Cc2ccccc2)(C(=O)c2ccc3[nH]ccc3c2)CN1. The Hall–Kier alpha value is -2.92. The molecule has 30 heavy (non-hydrogen) atoms. The van der Waals surface area contributed by atoms with E-state index in [0.717, 1.165) is 16.5 Å². The molecule has 0 saturated carbocycles. The van der Waals surface area contributed by atoms with Crippen LogP contribution in [0.25, 0.3) is 10.9 Å². The van der Waals surface area contributed by atoms with E-state index in [1.165, 1.54) is 0 Å². The maximum Gasteiger partial charge on any atom is 0.312 e. The van der Waals surface area contributed by atoms with Gasteiger partial charge in [0.15, 0.2) is 12.0 Å². The van der Waals surface area contributed by atoms with Crippen molar-refractivity contribution in [1.29, 1.82) is 0 Å². The van der Waals surface area contributed by atoms with Gasteiger partial charge in [0.25, 0.3) is 0 Å². The second kappa shape index (κ2) is 7.73. The van der Waals surface area contributed by atoms with Gasteiger partial charge in [-0.25, -0.2) is 0 Å². The molecule has 0 amide bonds. The molecule has 1 fully saturated rings. The highest BCUT2D eigenvalue weighted by Crippen LogP contribution is 2.38. The van der Waals surface area contributed by atoms with Gasteiger partial charge in [-0.1, -0.05) is 30.3 Å². The van der Waals surface area contributed by atoms with Crippen LogP contribution in [0.5, 0.6) is 0 Å². The minimum atomic E-state index is -0.672. The van der Waals surface area contributed by atoms with Crippen LogP contribution in [0.2, 0.25) is 0 Å². The number of carbonyl (C=O) groups is 2. The predicted molar refractivity (Wildman–Crippen MR) is 117 cm³/mol. The molecule has 4 rings (SSSR count). The highest BCUT2D eigenvalue weighted by Gasteiger charge is 2.47. The number of fused-ring (bicyclic) bond motifs is 1. The number of ketones is 1. The fraction of sp³-hybridized carbons (Fsp3) is 0.360.